The number of ether oxygens (including phenoxy) is 1. The van der Waals surface area contributed by atoms with Gasteiger partial charge in [0.05, 0.1) is 12.5 Å². The van der Waals surface area contributed by atoms with Gasteiger partial charge in [-0.25, -0.2) is 0 Å². The lowest BCUT2D eigenvalue weighted by Gasteiger charge is -2.21. The van der Waals surface area contributed by atoms with Gasteiger partial charge in [-0.3, -0.25) is 4.79 Å². The van der Waals surface area contributed by atoms with Crippen molar-refractivity contribution in [2.45, 2.75) is 26.3 Å². The van der Waals surface area contributed by atoms with Crippen LogP contribution in [-0.4, -0.2) is 24.2 Å². The Morgan fingerprint density at radius 1 is 1.08 bits per heavy atom. The Labute approximate surface area is 143 Å². The van der Waals surface area contributed by atoms with E-state index in [1.807, 2.05) is 54.6 Å². The van der Waals surface area contributed by atoms with Gasteiger partial charge in [0.25, 0.3) is 0 Å². The SMILES string of the molecule is CC(C)C(C(=O)NCc1ccccc1OCCO)c1ccccc1. The Hall–Kier alpha value is -2.33. The zero-order valence-electron chi connectivity index (χ0n) is 14.2. The van der Waals surface area contributed by atoms with E-state index in [-0.39, 0.29) is 31.0 Å². The van der Waals surface area contributed by atoms with Crippen LogP contribution in [0.2, 0.25) is 0 Å². The maximum atomic E-state index is 12.7. The standard InChI is InChI=1S/C20H25NO3/c1-15(2)19(16-8-4-3-5-9-16)20(23)21-14-17-10-6-7-11-18(17)24-13-12-22/h3-11,15,19,22H,12-14H2,1-2H3,(H,21,23). The number of benzene rings is 2. The molecule has 0 fully saturated rings. The predicted molar refractivity (Wildman–Crippen MR) is 94.9 cm³/mol. The molecular weight excluding hydrogens is 302 g/mol. The molecule has 0 bridgehead atoms. The number of carbonyl (C=O) groups is 1. The number of carbonyl (C=O) groups excluding carboxylic acids is 1. The second-order valence-corrected chi connectivity index (χ2v) is 6.03. The third-order valence-electron chi connectivity index (χ3n) is 3.88. The van der Waals surface area contributed by atoms with Crippen LogP contribution in [0, 0.1) is 5.92 Å². The van der Waals surface area contributed by atoms with Crippen molar-refractivity contribution in [3.63, 3.8) is 0 Å². The summed E-state index contributed by atoms with van der Waals surface area (Å²) in [6.45, 7) is 4.70. The van der Waals surface area contributed by atoms with Crippen LogP contribution in [0.5, 0.6) is 5.75 Å². The molecule has 0 aliphatic carbocycles. The molecule has 0 aliphatic heterocycles. The van der Waals surface area contributed by atoms with Gasteiger partial charge in [0, 0.05) is 12.1 Å². The Kier molecular flexibility index (Phi) is 6.82. The molecule has 24 heavy (non-hydrogen) atoms. The first kappa shape index (κ1) is 18.0. The summed E-state index contributed by atoms with van der Waals surface area (Å²) in [6, 6.07) is 17.4. The molecule has 1 unspecified atom stereocenters. The fourth-order valence-corrected chi connectivity index (χ4v) is 2.74. The van der Waals surface area contributed by atoms with Crippen molar-refractivity contribution in [3.8, 4) is 5.75 Å². The first-order valence-electron chi connectivity index (χ1n) is 8.27. The summed E-state index contributed by atoms with van der Waals surface area (Å²) in [6.07, 6.45) is 0. The summed E-state index contributed by atoms with van der Waals surface area (Å²) in [4.78, 5) is 12.7. The normalized spacial score (nSPS) is 12.0. The maximum absolute atomic E-state index is 12.7. The lowest BCUT2D eigenvalue weighted by atomic mass is 9.87. The predicted octanol–water partition coefficient (Wildman–Crippen LogP) is 3.11. The zero-order chi connectivity index (χ0) is 17.4. The van der Waals surface area contributed by atoms with Gasteiger partial charge in [-0.2, -0.15) is 0 Å². The maximum Gasteiger partial charge on any atom is 0.228 e. The Morgan fingerprint density at radius 3 is 2.42 bits per heavy atom. The number of hydrogen-bond donors (Lipinski definition) is 2. The van der Waals surface area contributed by atoms with Gasteiger partial charge in [-0.05, 0) is 17.5 Å². The van der Waals surface area contributed by atoms with Crippen molar-refractivity contribution in [3.05, 3.63) is 65.7 Å². The smallest absolute Gasteiger partial charge is 0.228 e. The molecule has 1 atom stereocenters. The molecule has 4 nitrogen and oxygen atoms in total. The van der Waals surface area contributed by atoms with Crippen molar-refractivity contribution in [2.24, 2.45) is 5.92 Å². The van der Waals surface area contributed by atoms with Gasteiger partial charge >= 0.3 is 0 Å². The molecule has 0 aromatic heterocycles. The number of aliphatic hydroxyl groups excluding tert-OH is 1. The summed E-state index contributed by atoms with van der Waals surface area (Å²) >= 11 is 0. The minimum absolute atomic E-state index is 0.00756. The first-order valence-corrected chi connectivity index (χ1v) is 8.27. The van der Waals surface area contributed by atoms with Crippen LogP contribution in [0.3, 0.4) is 0 Å². The van der Waals surface area contributed by atoms with Crippen LogP contribution in [0.25, 0.3) is 0 Å². The summed E-state index contributed by atoms with van der Waals surface area (Å²) in [5, 5.41) is 11.9. The molecule has 2 aromatic rings. The fraction of sp³-hybridized carbons (Fsp3) is 0.350. The topological polar surface area (TPSA) is 58.6 Å². The minimum atomic E-state index is -0.184. The molecule has 0 saturated heterocycles. The lowest BCUT2D eigenvalue weighted by molar-refractivity contribution is -0.123. The van der Waals surface area contributed by atoms with Gasteiger partial charge in [-0.1, -0.05) is 62.4 Å². The van der Waals surface area contributed by atoms with Crippen molar-refractivity contribution >= 4 is 5.91 Å². The van der Waals surface area contributed by atoms with E-state index < -0.39 is 0 Å². The highest BCUT2D eigenvalue weighted by Crippen LogP contribution is 2.25. The molecule has 2 rings (SSSR count). The highest BCUT2D eigenvalue weighted by molar-refractivity contribution is 5.83. The number of hydrogen-bond acceptors (Lipinski definition) is 3. The fourth-order valence-electron chi connectivity index (χ4n) is 2.74. The van der Waals surface area contributed by atoms with Crippen molar-refractivity contribution in [1.82, 2.24) is 5.32 Å². The molecule has 2 N–H and O–H groups in total. The molecule has 0 heterocycles. The van der Waals surface area contributed by atoms with Crippen molar-refractivity contribution < 1.29 is 14.6 Å². The monoisotopic (exact) mass is 327 g/mol. The Bertz CT molecular complexity index is 640. The average Bonchev–Trinajstić information content (AvgIpc) is 2.59. The van der Waals surface area contributed by atoms with E-state index in [1.54, 1.807) is 0 Å². The number of para-hydroxylation sites is 1. The first-order chi connectivity index (χ1) is 11.6. The summed E-state index contributed by atoms with van der Waals surface area (Å²) in [5.74, 6) is 0.714. The van der Waals surface area contributed by atoms with Crippen LogP contribution >= 0.6 is 0 Å². The molecule has 128 valence electrons. The van der Waals surface area contributed by atoms with Gasteiger partial charge in [0.15, 0.2) is 0 Å². The largest absolute Gasteiger partial charge is 0.491 e. The molecule has 2 aromatic carbocycles. The van der Waals surface area contributed by atoms with Crippen molar-refractivity contribution in [1.29, 1.82) is 0 Å². The van der Waals surface area contributed by atoms with Gasteiger partial charge in [0.2, 0.25) is 5.91 Å². The Morgan fingerprint density at radius 2 is 1.75 bits per heavy atom. The third kappa shape index (κ3) is 4.83. The van der Waals surface area contributed by atoms with Gasteiger partial charge < -0.3 is 15.2 Å². The van der Waals surface area contributed by atoms with E-state index in [0.717, 1.165) is 11.1 Å². The molecule has 0 radical (unpaired) electrons. The van der Waals surface area contributed by atoms with E-state index in [0.29, 0.717) is 12.3 Å². The molecule has 0 saturated carbocycles. The van der Waals surface area contributed by atoms with E-state index >= 15 is 0 Å². The zero-order valence-corrected chi connectivity index (χ0v) is 14.2. The lowest BCUT2D eigenvalue weighted by Crippen LogP contribution is -2.31. The summed E-state index contributed by atoms with van der Waals surface area (Å²) in [5.41, 5.74) is 1.92. The molecule has 0 spiro atoms. The van der Waals surface area contributed by atoms with Crippen LogP contribution in [0.15, 0.2) is 54.6 Å². The van der Waals surface area contributed by atoms with Crippen LogP contribution < -0.4 is 10.1 Å². The van der Waals surface area contributed by atoms with Crippen LogP contribution in [0.4, 0.5) is 0 Å². The molecule has 1 amide bonds. The van der Waals surface area contributed by atoms with E-state index in [4.69, 9.17) is 9.84 Å². The molecule has 4 heteroatoms. The number of aliphatic hydroxyl groups is 1. The second kappa shape index (κ2) is 9.08. The van der Waals surface area contributed by atoms with Gasteiger partial charge in [-0.15, -0.1) is 0 Å². The summed E-state index contributed by atoms with van der Waals surface area (Å²) < 4.78 is 5.51. The average molecular weight is 327 g/mol. The van der Waals surface area contributed by atoms with Crippen molar-refractivity contribution in [2.75, 3.05) is 13.2 Å². The van der Waals surface area contributed by atoms with Crippen LogP contribution in [0.1, 0.15) is 30.9 Å². The number of nitrogens with one attached hydrogen (secondary N) is 1. The number of rotatable bonds is 8. The third-order valence-corrected chi connectivity index (χ3v) is 3.88. The van der Waals surface area contributed by atoms with E-state index in [9.17, 15) is 4.79 Å². The summed E-state index contributed by atoms with van der Waals surface area (Å²) in [7, 11) is 0. The van der Waals surface area contributed by atoms with Crippen LogP contribution in [-0.2, 0) is 11.3 Å². The minimum Gasteiger partial charge on any atom is -0.491 e. The number of amides is 1. The second-order valence-electron chi connectivity index (χ2n) is 6.03. The quantitative estimate of drug-likeness (QED) is 0.783. The van der Waals surface area contributed by atoms with E-state index in [2.05, 4.69) is 19.2 Å². The molecular formula is C20H25NO3. The Balaban J connectivity index is 2.06. The highest BCUT2D eigenvalue weighted by atomic mass is 16.5. The highest BCUT2D eigenvalue weighted by Gasteiger charge is 2.23. The van der Waals surface area contributed by atoms with Gasteiger partial charge in [0.1, 0.15) is 12.4 Å². The van der Waals surface area contributed by atoms with E-state index in [1.165, 1.54) is 0 Å². The molecule has 0 aliphatic rings.